The van der Waals surface area contributed by atoms with E-state index >= 15 is 0 Å². The van der Waals surface area contributed by atoms with Crippen molar-refractivity contribution in [2.75, 3.05) is 26.2 Å². The monoisotopic (exact) mass is 454 g/mol. The maximum atomic E-state index is 13.0. The molecule has 28 heavy (non-hydrogen) atoms. The number of rotatable bonds is 3. The smallest absolute Gasteiger partial charge is 0.335 e. The van der Waals surface area contributed by atoms with E-state index in [-0.39, 0.29) is 5.69 Å². The highest BCUT2D eigenvalue weighted by molar-refractivity contribution is 6.42. The lowest BCUT2D eigenvalue weighted by Gasteiger charge is -2.34. The maximum Gasteiger partial charge on any atom is 0.434 e. The van der Waals surface area contributed by atoms with E-state index in [0.29, 0.717) is 47.5 Å². The first-order valence-electron chi connectivity index (χ1n) is 8.33. The Morgan fingerprint density at radius 1 is 1.11 bits per heavy atom. The maximum absolute atomic E-state index is 13.0. The molecule has 152 valence electrons. The molecule has 1 aliphatic heterocycles. The van der Waals surface area contributed by atoms with Gasteiger partial charge in [0.15, 0.2) is 11.4 Å². The summed E-state index contributed by atoms with van der Waals surface area (Å²) in [4.78, 5) is 16.2. The Balaban J connectivity index is 1.65. The Labute approximate surface area is 174 Å². The van der Waals surface area contributed by atoms with Crippen molar-refractivity contribution >= 4 is 40.7 Å². The van der Waals surface area contributed by atoms with Crippen LogP contribution in [-0.4, -0.2) is 51.7 Å². The van der Waals surface area contributed by atoms with Crippen LogP contribution >= 0.6 is 34.8 Å². The normalized spacial score (nSPS) is 15.9. The van der Waals surface area contributed by atoms with Gasteiger partial charge in [-0.1, -0.05) is 40.9 Å². The van der Waals surface area contributed by atoms with Crippen LogP contribution in [0, 0.1) is 0 Å². The summed E-state index contributed by atoms with van der Waals surface area (Å²) >= 11 is 17.7. The Hall–Kier alpha value is -1.48. The number of aryl methyl sites for hydroxylation is 1. The van der Waals surface area contributed by atoms with Crippen molar-refractivity contribution in [1.29, 1.82) is 0 Å². The fraction of sp³-hybridized carbons (Fsp3) is 0.412. The summed E-state index contributed by atoms with van der Waals surface area (Å²) in [6.45, 7) is 2.45. The van der Waals surface area contributed by atoms with E-state index < -0.39 is 22.8 Å². The molecule has 1 amide bonds. The summed E-state index contributed by atoms with van der Waals surface area (Å²) in [5, 5.41) is 3.97. The van der Waals surface area contributed by atoms with E-state index in [1.54, 1.807) is 12.1 Å². The number of hydrogen-bond acceptors (Lipinski definition) is 3. The first-order valence-corrected chi connectivity index (χ1v) is 9.46. The van der Waals surface area contributed by atoms with E-state index in [0.717, 1.165) is 12.6 Å². The van der Waals surface area contributed by atoms with Gasteiger partial charge in [0, 0.05) is 39.8 Å². The van der Waals surface area contributed by atoms with Gasteiger partial charge >= 0.3 is 6.18 Å². The van der Waals surface area contributed by atoms with E-state index in [4.69, 9.17) is 34.8 Å². The van der Waals surface area contributed by atoms with Crippen LogP contribution in [0.5, 0.6) is 0 Å². The molecule has 0 N–H and O–H groups in total. The molecule has 1 saturated heterocycles. The molecule has 3 rings (SSSR count). The molecule has 0 atom stereocenters. The van der Waals surface area contributed by atoms with Crippen LogP contribution < -0.4 is 0 Å². The first kappa shape index (κ1) is 21.2. The van der Waals surface area contributed by atoms with Gasteiger partial charge in [0.2, 0.25) is 0 Å². The summed E-state index contributed by atoms with van der Waals surface area (Å²) in [7, 11) is 1.11. The molecule has 1 aromatic heterocycles. The van der Waals surface area contributed by atoms with Crippen molar-refractivity contribution in [3.05, 3.63) is 50.2 Å². The van der Waals surface area contributed by atoms with Gasteiger partial charge in [-0.15, -0.1) is 0 Å². The lowest BCUT2D eigenvalue weighted by Crippen LogP contribution is -2.48. The average molecular weight is 456 g/mol. The number of carbonyl (C=O) groups is 1. The number of halogens is 6. The fourth-order valence-electron chi connectivity index (χ4n) is 3.10. The number of alkyl halides is 3. The number of hydrogen-bond donors (Lipinski definition) is 0. The fourth-order valence-corrected chi connectivity index (χ4v) is 3.77. The standard InChI is InChI=1S/C17H16Cl3F3N4O/c1-25-15(17(21,22)23)13(20)14(24-25)16(28)27-6-4-26(5-7-27)9-10-2-3-11(18)12(19)8-10/h2-3,8H,4-7,9H2,1H3. The van der Waals surface area contributed by atoms with E-state index in [9.17, 15) is 18.0 Å². The van der Waals surface area contributed by atoms with Crippen LogP contribution in [0.1, 0.15) is 21.7 Å². The van der Waals surface area contributed by atoms with E-state index in [2.05, 4.69) is 10.00 Å². The number of benzene rings is 1. The van der Waals surface area contributed by atoms with Crippen molar-refractivity contribution in [2.24, 2.45) is 7.05 Å². The topological polar surface area (TPSA) is 41.4 Å². The molecular formula is C17H16Cl3F3N4O. The SMILES string of the molecule is Cn1nc(C(=O)N2CCN(Cc3ccc(Cl)c(Cl)c3)CC2)c(Cl)c1C(F)(F)F. The van der Waals surface area contributed by atoms with Crippen molar-refractivity contribution < 1.29 is 18.0 Å². The molecule has 11 heteroatoms. The third-order valence-electron chi connectivity index (χ3n) is 4.51. The van der Waals surface area contributed by atoms with E-state index in [1.165, 1.54) is 4.90 Å². The average Bonchev–Trinajstić information content (AvgIpc) is 2.92. The molecule has 1 fully saturated rings. The summed E-state index contributed by atoms with van der Waals surface area (Å²) in [6, 6.07) is 5.38. The van der Waals surface area contributed by atoms with Crippen molar-refractivity contribution in [3.63, 3.8) is 0 Å². The Morgan fingerprint density at radius 3 is 2.29 bits per heavy atom. The van der Waals surface area contributed by atoms with Crippen LogP contribution in [0.2, 0.25) is 15.1 Å². The molecular weight excluding hydrogens is 440 g/mol. The number of nitrogens with zero attached hydrogens (tertiary/aromatic N) is 4. The molecule has 1 aromatic carbocycles. The van der Waals surface area contributed by atoms with Gasteiger partial charge in [-0.05, 0) is 17.7 Å². The number of carbonyl (C=O) groups excluding carboxylic acids is 1. The predicted molar refractivity (Wildman–Crippen MR) is 101 cm³/mol. The van der Waals surface area contributed by atoms with Gasteiger partial charge in [-0.3, -0.25) is 14.4 Å². The zero-order chi connectivity index (χ0) is 20.6. The largest absolute Gasteiger partial charge is 0.434 e. The first-order chi connectivity index (χ1) is 13.1. The molecule has 0 radical (unpaired) electrons. The zero-order valence-corrected chi connectivity index (χ0v) is 17.0. The highest BCUT2D eigenvalue weighted by Gasteiger charge is 2.40. The number of aromatic nitrogens is 2. The molecule has 0 spiro atoms. The minimum absolute atomic E-state index is 0.356. The van der Waals surface area contributed by atoms with Crippen LogP contribution in [0.3, 0.4) is 0 Å². The molecule has 1 aliphatic rings. The van der Waals surface area contributed by atoms with Gasteiger partial charge in [0.05, 0.1) is 10.0 Å². The highest BCUT2D eigenvalue weighted by Crippen LogP contribution is 2.36. The van der Waals surface area contributed by atoms with Gasteiger partial charge in [-0.25, -0.2) is 0 Å². The minimum atomic E-state index is -4.68. The lowest BCUT2D eigenvalue weighted by atomic mass is 10.2. The highest BCUT2D eigenvalue weighted by atomic mass is 35.5. The molecule has 2 heterocycles. The van der Waals surface area contributed by atoms with Gasteiger partial charge in [0.1, 0.15) is 5.02 Å². The molecule has 2 aromatic rings. The molecule has 5 nitrogen and oxygen atoms in total. The Kier molecular flexibility index (Phi) is 6.14. The van der Waals surface area contributed by atoms with Crippen molar-refractivity contribution in [1.82, 2.24) is 19.6 Å². The molecule has 0 bridgehead atoms. The van der Waals surface area contributed by atoms with Gasteiger partial charge in [-0.2, -0.15) is 18.3 Å². The summed E-state index contributed by atoms with van der Waals surface area (Å²) in [6.07, 6.45) is -4.68. The predicted octanol–water partition coefficient (Wildman–Crippen LogP) is 4.36. The second-order valence-corrected chi connectivity index (χ2v) is 7.64. The zero-order valence-electron chi connectivity index (χ0n) is 14.7. The summed E-state index contributed by atoms with van der Waals surface area (Å²) in [5.74, 6) is -0.606. The van der Waals surface area contributed by atoms with E-state index in [1.807, 2.05) is 6.07 Å². The number of amides is 1. The van der Waals surface area contributed by atoms with Crippen LogP contribution in [0.25, 0.3) is 0 Å². The molecule has 0 unspecified atom stereocenters. The van der Waals surface area contributed by atoms with Crippen LogP contribution in [0.15, 0.2) is 18.2 Å². The van der Waals surface area contributed by atoms with Gasteiger partial charge in [0.25, 0.3) is 5.91 Å². The lowest BCUT2D eigenvalue weighted by molar-refractivity contribution is -0.143. The van der Waals surface area contributed by atoms with Gasteiger partial charge < -0.3 is 4.90 Å². The third-order valence-corrected chi connectivity index (χ3v) is 5.61. The Bertz CT molecular complexity index is 893. The summed E-state index contributed by atoms with van der Waals surface area (Å²) in [5.41, 5.74) is -0.526. The second kappa shape index (κ2) is 8.10. The summed E-state index contributed by atoms with van der Waals surface area (Å²) < 4.78 is 39.7. The molecule has 0 aliphatic carbocycles. The van der Waals surface area contributed by atoms with Crippen molar-refractivity contribution in [2.45, 2.75) is 12.7 Å². The molecule has 0 saturated carbocycles. The minimum Gasteiger partial charge on any atom is -0.335 e. The number of piperazine rings is 1. The third kappa shape index (κ3) is 4.40. The quantitative estimate of drug-likeness (QED) is 0.691. The Morgan fingerprint density at radius 2 is 1.75 bits per heavy atom. The van der Waals surface area contributed by atoms with Crippen molar-refractivity contribution in [3.8, 4) is 0 Å². The van der Waals surface area contributed by atoms with Crippen LogP contribution in [0.4, 0.5) is 13.2 Å². The second-order valence-electron chi connectivity index (χ2n) is 6.45. The van der Waals surface area contributed by atoms with Crippen LogP contribution in [-0.2, 0) is 19.8 Å².